The average molecular weight is 590 g/mol. The molecule has 3 atom stereocenters. The van der Waals surface area contributed by atoms with E-state index in [0.29, 0.717) is 30.3 Å². The molecule has 0 N–H and O–H groups in total. The number of ether oxygens (including phenoxy) is 2. The molecule has 41 heavy (non-hydrogen) atoms. The molecule has 3 aromatic rings. The van der Waals surface area contributed by atoms with Crippen molar-refractivity contribution < 1.29 is 53.4 Å². The van der Waals surface area contributed by atoms with Crippen LogP contribution in [0.25, 0.3) is 11.1 Å². The molecular formula is C28H21BF10O2. The Balaban J connectivity index is 1.56. The molecule has 0 saturated carbocycles. The number of benzene rings is 3. The van der Waals surface area contributed by atoms with Crippen LogP contribution in [-0.2, 0) is 17.0 Å². The third-order valence-corrected chi connectivity index (χ3v) is 6.81. The van der Waals surface area contributed by atoms with E-state index in [2.05, 4.69) is 4.74 Å². The molecule has 1 aliphatic heterocycles. The quantitative estimate of drug-likeness (QED) is 0.202. The first kappa shape index (κ1) is 30.7. The summed E-state index contributed by atoms with van der Waals surface area (Å²) in [5, 5.41) is 0. The fourth-order valence-electron chi connectivity index (χ4n) is 4.82. The minimum Gasteiger partial charge on any atom is -0.429 e. The summed E-state index contributed by atoms with van der Waals surface area (Å²) in [7, 11) is 6.13. The summed E-state index contributed by atoms with van der Waals surface area (Å²) in [6, 6.07) is 3.50. The minimum absolute atomic E-state index is 0.0450. The van der Waals surface area contributed by atoms with Gasteiger partial charge in [-0.1, -0.05) is 19.2 Å². The first-order valence-corrected chi connectivity index (χ1v) is 12.4. The van der Waals surface area contributed by atoms with E-state index in [-0.39, 0.29) is 42.5 Å². The van der Waals surface area contributed by atoms with Crippen molar-refractivity contribution in [2.75, 3.05) is 6.61 Å². The molecule has 218 valence electrons. The van der Waals surface area contributed by atoms with Crippen LogP contribution >= 0.6 is 0 Å². The van der Waals surface area contributed by atoms with Crippen molar-refractivity contribution in [3.05, 3.63) is 88.2 Å². The van der Waals surface area contributed by atoms with Crippen molar-refractivity contribution in [3.63, 3.8) is 0 Å². The molecule has 3 aromatic carbocycles. The van der Waals surface area contributed by atoms with Crippen LogP contribution in [0.4, 0.5) is 43.9 Å². The smallest absolute Gasteiger partial charge is 0.429 e. The Kier molecular flexibility index (Phi) is 8.68. The zero-order chi connectivity index (χ0) is 30.3. The molecule has 2 nitrogen and oxygen atoms in total. The second-order valence-corrected chi connectivity index (χ2v) is 9.70. The molecule has 0 aromatic heterocycles. The molecular weight excluding hydrogens is 569 g/mol. The highest BCUT2D eigenvalue weighted by molar-refractivity contribution is 6.11. The SMILES string of the molecule is [B]C1CC(c2cc(F)c(C(F)(F)Oc3ccc(-c4cc(F)c(C(F)(F)F)c(F)c4)c(F)c3)c(F)c2)OCC1CCC. The van der Waals surface area contributed by atoms with Gasteiger partial charge in [-0.3, -0.25) is 0 Å². The largest absolute Gasteiger partial charge is 0.432 e. The van der Waals surface area contributed by atoms with Gasteiger partial charge in [-0.25, -0.2) is 22.0 Å². The average Bonchev–Trinajstić information content (AvgIpc) is 2.83. The molecule has 1 fully saturated rings. The van der Waals surface area contributed by atoms with E-state index in [1.54, 1.807) is 0 Å². The maximum Gasteiger partial charge on any atom is 0.432 e. The zero-order valence-corrected chi connectivity index (χ0v) is 21.3. The van der Waals surface area contributed by atoms with Crippen molar-refractivity contribution in [3.8, 4) is 16.9 Å². The predicted molar refractivity (Wildman–Crippen MR) is 129 cm³/mol. The van der Waals surface area contributed by atoms with Crippen molar-refractivity contribution in [1.82, 2.24) is 0 Å². The Labute approximate surface area is 229 Å². The monoisotopic (exact) mass is 590 g/mol. The molecule has 0 bridgehead atoms. The fraction of sp³-hybridized carbons (Fsp3) is 0.357. The van der Waals surface area contributed by atoms with Gasteiger partial charge in [-0.15, -0.1) is 0 Å². The fourth-order valence-corrected chi connectivity index (χ4v) is 4.82. The molecule has 1 heterocycles. The van der Waals surface area contributed by atoms with Crippen molar-refractivity contribution in [2.45, 2.75) is 50.4 Å². The topological polar surface area (TPSA) is 18.5 Å². The van der Waals surface area contributed by atoms with Crippen LogP contribution in [0, 0.1) is 35.0 Å². The minimum atomic E-state index is -5.36. The van der Waals surface area contributed by atoms with Gasteiger partial charge in [0.05, 0.1) is 14.0 Å². The maximum absolute atomic E-state index is 14.9. The lowest BCUT2D eigenvalue weighted by Crippen LogP contribution is -2.28. The van der Waals surface area contributed by atoms with Crippen LogP contribution in [0.5, 0.6) is 5.75 Å². The van der Waals surface area contributed by atoms with Gasteiger partial charge in [-0.2, -0.15) is 22.0 Å². The van der Waals surface area contributed by atoms with E-state index in [4.69, 9.17) is 12.6 Å². The molecule has 0 spiro atoms. The molecule has 0 aliphatic carbocycles. The lowest BCUT2D eigenvalue weighted by atomic mass is 9.69. The Morgan fingerprint density at radius 1 is 0.829 bits per heavy atom. The molecule has 1 saturated heterocycles. The van der Waals surface area contributed by atoms with Gasteiger partial charge in [0.15, 0.2) is 0 Å². The molecule has 2 radical (unpaired) electrons. The first-order valence-electron chi connectivity index (χ1n) is 12.4. The molecule has 0 amide bonds. The van der Waals surface area contributed by atoms with Crippen LogP contribution in [0.3, 0.4) is 0 Å². The second kappa shape index (κ2) is 11.6. The summed E-state index contributed by atoms with van der Waals surface area (Å²) in [6.07, 6.45) is -8.97. The standard InChI is InChI=1S/C28H21BF10O2/c1-2-3-13-12-40-24(11-18(13)29)15-8-22(33)26(23(34)9-15)28(38,39)41-16-4-5-17(19(30)10-16)14-6-20(31)25(21(32)7-14)27(35,36)37/h4-10,13,18,24H,2-3,11-12H2,1H3. The van der Waals surface area contributed by atoms with Crippen molar-refractivity contribution in [1.29, 1.82) is 0 Å². The highest BCUT2D eigenvalue weighted by Crippen LogP contribution is 2.42. The highest BCUT2D eigenvalue weighted by Gasteiger charge is 2.42. The van der Waals surface area contributed by atoms with E-state index < -0.39 is 75.5 Å². The van der Waals surface area contributed by atoms with Gasteiger partial charge in [0.1, 0.15) is 46.0 Å². The number of hydrogen-bond donors (Lipinski definition) is 0. The van der Waals surface area contributed by atoms with E-state index >= 15 is 0 Å². The third-order valence-electron chi connectivity index (χ3n) is 6.81. The lowest BCUT2D eigenvalue weighted by molar-refractivity contribution is -0.189. The Hall–Kier alpha value is -3.22. The lowest BCUT2D eigenvalue weighted by Gasteiger charge is -2.35. The Morgan fingerprint density at radius 2 is 1.41 bits per heavy atom. The summed E-state index contributed by atoms with van der Waals surface area (Å²) in [5.74, 6) is -9.99. The van der Waals surface area contributed by atoms with Gasteiger partial charge < -0.3 is 9.47 Å². The van der Waals surface area contributed by atoms with Gasteiger partial charge >= 0.3 is 12.3 Å². The summed E-state index contributed by atoms with van der Waals surface area (Å²) in [6.45, 7) is 2.20. The van der Waals surface area contributed by atoms with Crippen LogP contribution in [0.2, 0.25) is 5.82 Å². The molecule has 3 unspecified atom stereocenters. The zero-order valence-electron chi connectivity index (χ0n) is 21.3. The molecule has 13 heteroatoms. The number of halogens is 10. The normalized spacial score (nSPS) is 19.8. The Bertz CT molecular complexity index is 1380. The summed E-state index contributed by atoms with van der Waals surface area (Å²) in [4.78, 5) is 0. The Morgan fingerprint density at radius 3 is 1.93 bits per heavy atom. The van der Waals surface area contributed by atoms with Gasteiger partial charge in [0.2, 0.25) is 0 Å². The summed E-state index contributed by atoms with van der Waals surface area (Å²) < 4.78 is 150. The van der Waals surface area contributed by atoms with Gasteiger partial charge in [0, 0.05) is 18.2 Å². The van der Waals surface area contributed by atoms with Crippen molar-refractivity contribution >= 4 is 7.85 Å². The predicted octanol–water partition coefficient (Wildman–Crippen LogP) is 9.03. The number of alkyl halides is 5. The van der Waals surface area contributed by atoms with Crippen LogP contribution in [0.15, 0.2) is 42.5 Å². The second-order valence-electron chi connectivity index (χ2n) is 9.70. The molecule has 4 rings (SSSR count). The van der Waals surface area contributed by atoms with E-state index in [1.807, 2.05) is 6.92 Å². The summed E-state index contributed by atoms with van der Waals surface area (Å²) >= 11 is 0. The first-order chi connectivity index (χ1) is 19.1. The van der Waals surface area contributed by atoms with E-state index in [0.717, 1.165) is 12.8 Å². The molecule has 1 aliphatic rings. The van der Waals surface area contributed by atoms with E-state index in [1.165, 1.54) is 0 Å². The number of rotatable bonds is 7. The van der Waals surface area contributed by atoms with Crippen molar-refractivity contribution in [2.24, 2.45) is 5.92 Å². The van der Waals surface area contributed by atoms with E-state index in [9.17, 15) is 43.9 Å². The van der Waals surface area contributed by atoms with Crippen LogP contribution in [0.1, 0.15) is 49.0 Å². The number of hydrogen-bond acceptors (Lipinski definition) is 2. The van der Waals surface area contributed by atoms with Gasteiger partial charge in [-0.05, 0) is 66.3 Å². The van der Waals surface area contributed by atoms with Gasteiger partial charge in [0.25, 0.3) is 0 Å². The third kappa shape index (κ3) is 6.49. The maximum atomic E-state index is 14.9. The van der Waals surface area contributed by atoms with Crippen LogP contribution < -0.4 is 4.74 Å². The summed E-state index contributed by atoms with van der Waals surface area (Å²) in [5.41, 5.74) is -5.31. The highest BCUT2D eigenvalue weighted by atomic mass is 19.4. The van der Waals surface area contributed by atoms with Crippen LogP contribution in [-0.4, -0.2) is 14.5 Å².